The maximum atomic E-state index is 13.0. The van der Waals surface area contributed by atoms with E-state index in [-0.39, 0.29) is 23.3 Å². The van der Waals surface area contributed by atoms with Crippen molar-refractivity contribution < 1.29 is 9.59 Å². The van der Waals surface area contributed by atoms with Crippen LogP contribution in [0.2, 0.25) is 0 Å². The summed E-state index contributed by atoms with van der Waals surface area (Å²) in [4.78, 5) is 27.2. The molecule has 28 heavy (non-hydrogen) atoms. The largest absolute Gasteiger partial charge is 0.342 e. The topological polar surface area (TPSA) is 49.4 Å². The Bertz CT molecular complexity index is 623. The van der Waals surface area contributed by atoms with Gasteiger partial charge in [-0.3, -0.25) is 9.59 Å². The molecule has 0 unspecified atom stereocenters. The fraction of sp³-hybridized carbons (Fsp3) is 0.833. The number of hydrogen-bond acceptors (Lipinski definition) is 2. The maximum Gasteiger partial charge on any atom is 0.296 e. The molecule has 0 aromatic rings. The summed E-state index contributed by atoms with van der Waals surface area (Å²) in [6, 6.07) is 0. The lowest BCUT2D eigenvalue weighted by Gasteiger charge is -2.39. The van der Waals surface area contributed by atoms with Gasteiger partial charge in [-0.2, -0.15) is 0 Å². The lowest BCUT2D eigenvalue weighted by atomic mass is 9.76. The minimum absolute atomic E-state index is 0.0484. The molecule has 1 heterocycles. The van der Waals surface area contributed by atoms with Crippen LogP contribution in [0.3, 0.4) is 0 Å². The molecular weight excluding hydrogens is 348 g/mol. The van der Waals surface area contributed by atoms with Gasteiger partial charge in [0, 0.05) is 30.5 Å². The second kappa shape index (κ2) is 8.89. The minimum Gasteiger partial charge on any atom is -0.342 e. The normalized spacial score (nSPS) is 27.3. The van der Waals surface area contributed by atoms with Gasteiger partial charge in [-0.25, -0.2) is 0 Å². The van der Waals surface area contributed by atoms with Crippen LogP contribution in [0.5, 0.6) is 0 Å². The Kier molecular flexibility index (Phi) is 6.73. The van der Waals surface area contributed by atoms with Crippen LogP contribution in [0, 0.1) is 41.4 Å². The fourth-order valence-electron chi connectivity index (χ4n) is 5.18. The van der Waals surface area contributed by atoms with Crippen molar-refractivity contribution in [2.75, 3.05) is 13.1 Å². The van der Waals surface area contributed by atoms with Gasteiger partial charge in [0.2, 0.25) is 5.91 Å². The summed E-state index contributed by atoms with van der Waals surface area (Å²) in [7, 11) is 0. The summed E-state index contributed by atoms with van der Waals surface area (Å²) in [6.07, 6.45) is 8.66. The molecule has 2 aliphatic carbocycles. The highest BCUT2D eigenvalue weighted by Crippen LogP contribution is 2.47. The van der Waals surface area contributed by atoms with Gasteiger partial charge in [0.1, 0.15) is 0 Å². The molecule has 1 aliphatic heterocycles. The van der Waals surface area contributed by atoms with Crippen LogP contribution in [0.1, 0.15) is 79.1 Å². The SMILES string of the molecule is CC(C)C#CC(=O)NC1(C2CCN(C(=O)C3CCC(C(C)C)CC3)CC2)CC1. The molecule has 4 heteroatoms. The van der Waals surface area contributed by atoms with Crippen molar-refractivity contribution in [3.05, 3.63) is 0 Å². The molecule has 1 saturated heterocycles. The number of carbonyl (C=O) groups excluding carboxylic acids is 2. The average molecular weight is 387 g/mol. The van der Waals surface area contributed by atoms with E-state index in [0.717, 1.165) is 63.5 Å². The Morgan fingerprint density at radius 2 is 1.57 bits per heavy atom. The van der Waals surface area contributed by atoms with Crippen molar-refractivity contribution in [1.82, 2.24) is 10.2 Å². The Labute approximate surface area is 171 Å². The van der Waals surface area contributed by atoms with Gasteiger partial charge >= 0.3 is 0 Å². The third-order valence-corrected chi connectivity index (χ3v) is 7.28. The van der Waals surface area contributed by atoms with Crippen molar-refractivity contribution in [2.45, 2.75) is 84.6 Å². The molecule has 0 radical (unpaired) electrons. The number of amides is 2. The monoisotopic (exact) mass is 386 g/mol. The predicted molar refractivity (Wildman–Crippen MR) is 112 cm³/mol. The molecule has 0 spiro atoms. The average Bonchev–Trinajstić information content (AvgIpc) is 3.46. The Morgan fingerprint density at radius 1 is 0.964 bits per heavy atom. The zero-order chi connectivity index (χ0) is 20.3. The first-order chi connectivity index (χ1) is 13.3. The smallest absolute Gasteiger partial charge is 0.296 e. The highest BCUT2D eigenvalue weighted by molar-refractivity contribution is 5.94. The first kappa shape index (κ1) is 21.2. The van der Waals surface area contributed by atoms with Gasteiger partial charge in [-0.05, 0) is 75.0 Å². The molecule has 1 N–H and O–H groups in total. The molecule has 4 nitrogen and oxygen atoms in total. The first-order valence-corrected chi connectivity index (χ1v) is 11.4. The van der Waals surface area contributed by atoms with E-state index in [1.807, 2.05) is 13.8 Å². The van der Waals surface area contributed by atoms with E-state index < -0.39 is 0 Å². The van der Waals surface area contributed by atoms with Crippen LogP contribution in [0.25, 0.3) is 0 Å². The number of nitrogens with one attached hydrogen (secondary N) is 1. The van der Waals surface area contributed by atoms with E-state index in [1.165, 1.54) is 12.8 Å². The Balaban J connectivity index is 1.46. The zero-order valence-corrected chi connectivity index (χ0v) is 18.2. The van der Waals surface area contributed by atoms with Crippen molar-refractivity contribution in [3.63, 3.8) is 0 Å². The lowest BCUT2D eigenvalue weighted by Crippen LogP contribution is -2.49. The number of hydrogen-bond donors (Lipinski definition) is 1. The van der Waals surface area contributed by atoms with Crippen molar-refractivity contribution >= 4 is 11.8 Å². The summed E-state index contributed by atoms with van der Waals surface area (Å²) in [5.41, 5.74) is -0.0484. The predicted octanol–water partition coefficient (Wildman–Crippen LogP) is 4.00. The molecule has 0 atom stereocenters. The van der Waals surface area contributed by atoms with E-state index in [4.69, 9.17) is 0 Å². The van der Waals surface area contributed by atoms with E-state index in [2.05, 4.69) is 35.9 Å². The molecule has 0 bridgehead atoms. The third-order valence-electron chi connectivity index (χ3n) is 7.28. The second-order valence-corrected chi connectivity index (χ2v) is 9.99. The van der Waals surface area contributed by atoms with Gasteiger partial charge in [0.25, 0.3) is 5.91 Å². The standard InChI is InChI=1S/C24H38N2O2/c1-17(2)5-10-22(27)25-24(13-14-24)21-11-15-26(16-12-21)23(28)20-8-6-19(7-9-20)18(3)4/h17-21H,6-9,11-16H2,1-4H3,(H,25,27). The number of piperidine rings is 1. The van der Waals surface area contributed by atoms with Crippen LogP contribution in [-0.4, -0.2) is 35.3 Å². The van der Waals surface area contributed by atoms with E-state index in [1.54, 1.807) is 0 Å². The Morgan fingerprint density at radius 3 is 2.07 bits per heavy atom. The molecule has 3 aliphatic rings. The summed E-state index contributed by atoms with van der Waals surface area (Å²) in [6.45, 7) is 10.3. The molecule has 0 aromatic carbocycles. The second-order valence-electron chi connectivity index (χ2n) is 9.99. The molecule has 0 aromatic heterocycles. The quantitative estimate of drug-likeness (QED) is 0.743. The van der Waals surface area contributed by atoms with Crippen molar-refractivity contribution in [2.24, 2.45) is 29.6 Å². The summed E-state index contributed by atoms with van der Waals surface area (Å²) in [5.74, 6) is 8.42. The molecule has 2 saturated carbocycles. The molecule has 2 amide bonds. The number of likely N-dealkylation sites (tertiary alicyclic amines) is 1. The van der Waals surface area contributed by atoms with Crippen LogP contribution < -0.4 is 5.32 Å². The summed E-state index contributed by atoms with van der Waals surface area (Å²) in [5, 5.41) is 3.20. The lowest BCUT2D eigenvalue weighted by molar-refractivity contribution is -0.138. The van der Waals surface area contributed by atoms with Gasteiger partial charge in [0.15, 0.2) is 0 Å². The highest BCUT2D eigenvalue weighted by Gasteiger charge is 2.51. The first-order valence-electron chi connectivity index (χ1n) is 11.4. The van der Waals surface area contributed by atoms with Gasteiger partial charge in [-0.15, -0.1) is 0 Å². The molecule has 3 rings (SSSR count). The van der Waals surface area contributed by atoms with Crippen LogP contribution >= 0.6 is 0 Å². The van der Waals surface area contributed by atoms with Crippen molar-refractivity contribution in [1.29, 1.82) is 0 Å². The van der Waals surface area contributed by atoms with E-state index in [0.29, 0.717) is 11.8 Å². The number of nitrogens with zero attached hydrogens (tertiary/aromatic N) is 1. The maximum absolute atomic E-state index is 13.0. The summed E-state index contributed by atoms with van der Waals surface area (Å²) >= 11 is 0. The van der Waals surface area contributed by atoms with E-state index >= 15 is 0 Å². The highest BCUT2D eigenvalue weighted by atomic mass is 16.2. The number of rotatable bonds is 4. The Hall–Kier alpha value is -1.50. The summed E-state index contributed by atoms with van der Waals surface area (Å²) < 4.78 is 0. The molecular formula is C24H38N2O2. The molecule has 156 valence electrons. The fourth-order valence-corrected chi connectivity index (χ4v) is 5.18. The van der Waals surface area contributed by atoms with Gasteiger partial charge < -0.3 is 10.2 Å². The van der Waals surface area contributed by atoms with Crippen LogP contribution in [0.15, 0.2) is 0 Å². The minimum atomic E-state index is -0.133. The van der Waals surface area contributed by atoms with E-state index in [9.17, 15) is 9.59 Å². The van der Waals surface area contributed by atoms with Crippen LogP contribution in [-0.2, 0) is 9.59 Å². The number of carbonyl (C=O) groups is 2. The third kappa shape index (κ3) is 5.10. The van der Waals surface area contributed by atoms with Gasteiger partial charge in [-0.1, -0.05) is 33.6 Å². The zero-order valence-electron chi connectivity index (χ0n) is 18.2. The molecule has 3 fully saturated rings. The van der Waals surface area contributed by atoms with Crippen molar-refractivity contribution in [3.8, 4) is 11.8 Å². The van der Waals surface area contributed by atoms with Gasteiger partial charge in [0.05, 0.1) is 0 Å². The van der Waals surface area contributed by atoms with Crippen LogP contribution in [0.4, 0.5) is 0 Å².